The van der Waals surface area contributed by atoms with Crippen LogP contribution in [0, 0.1) is 0 Å². The van der Waals surface area contributed by atoms with Crippen molar-refractivity contribution in [3.05, 3.63) is 36.0 Å². The Balaban J connectivity index is 1.46. The first kappa shape index (κ1) is 27.2. The van der Waals surface area contributed by atoms with Gasteiger partial charge in [0, 0.05) is 44.5 Å². The minimum absolute atomic E-state index is 0.0789. The van der Waals surface area contributed by atoms with Gasteiger partial charge in [0.1, 0.15) is 13.2 Å². The molecule has 1 saturated heterocycles. The van der Waals surface area contributed by atoms with Gasteiger partial charge in [-0.15, -0.1) is 0 Å². The van der Waals surface area contributed by atoms with Gasteiger partial charge in [0.15, 0.2) is 0 Å². The zero-order chi connectivity index (χ0) is 23.6. The lowest BCUT2D eigenvalue weighted by atomic mass is 10.1. The minimum atomic E-state index is -0.227. The van der Waals surface area contributed by atoms with Gasteiger partial charge in [-0.2, -0.15) is 11.8 Å². The van der Waals surface area contributed by atoms with E-state index >= 15 is 0 Å². The van der Waals surface area contributed by atoms with Gasteiger partial charge in [0.2, 0.25) is 11.8 Å². The average Bonchev–Trinajstić information content (AvgIpc) is 2.81. The summed E-state index contributed by atoms with van der Waals surface area (Å²) < 4.78 is 10.6. The number of unbranched alkanes of at least 4 members (excludes halogenated alkanes) is 2. The van der Waals surface area contributed by atoms with E-state index in [1.165, 1.54) is 44.8 Å². The number of hydrogen-bond acceptors (Lipinski definition) is 7. The third-order valence-corrected chi connectivity index (χ3v) is 6.32. The summed E-state index contributed by atoms with van der Waals surface area (Å²) in [6.45, 7) is 6.14. The van der Waals surface area contributed by atoms with Gasteiger partial charge >= 0.3 is 5.97 Å². The molecule has 2 rings (SSSR count). The zero-order valence-electron chi connectivity index (χ0n) is 19.9. The number of nitrogens with zero attached hydrogens (tertiary/aromatic N) is 2. The Kier molecular flexibility index (Phi) is 14.4. The van der Waals surface area contributed by atoms with E-state index < -0.39 is 0 Å². The average molecular weight is 478 g/mol. The van der Waals surface area contributed by atoms with Gasteiger partial charge < -0.3 is 14.8 Å². The predicted octanol–water partition coefficient (Wildman–Crippen LogP) is 3.98. The van der Waals surface area contributed by atoms with Crippen LogP contribution in [0.3, 0.4) is 0 Å². The Hall–Kier alpha value is -2.06. The second-order valence-electron chi connectivity index (χ2n) is 8.19. The number of rotatable bonds is 16. The van der Waals surface area contributed by atoms with Crippen molar-refractivity contribution in [2.75, 3.05) is 44.4 Å². The smallest absolute Gasteiger partial charge is 0.302 e. The highest BCUT2D eigenvalue weighted by molar-refractivity contribution is 7.99. The lowest BCUT2D eigenvalue weighted by molar-refractivity contribution is -0.140. The molecule has 0 aromatic carbocycles. The molecule has 0 radical (unpaired) electrons. The molecule has 1 aliphatic rings. The van der Waals surface area contributed by atoms with Crippen LogP contribution in [0.25, 0.3) is 0 Å². The monoisotopic (exact) mass is 477 g/mol. The molecule has 184 valence electrons. The van der Waals surface area contributed by atoms with Crippen molar-refractivity contribution in [1.29, 1.82) is 0 Å². The van der Waals surface area contributed by atoms with Crippen LogP contribution in [0.15, 0.2) is 30.5 Å². The van der Waals surface area contributed by atoms with E-state index in [-0.39, 0.29) is 11.9 Å². The van der Waals surface area contributed by atoms with Crippen molar-refractivity contribution in [3.8, 4) is 5.88 Å². The summed E-state index contributed by atoms with van der Waals surface area (Å²) in [5.74, 6) is 2.35. The molecule has 0 atom stereocenters. The van der Waals surface area contributed by atoms with Crippen molar-refractivity contribution in [1.82, 2.24) is 15.2 Å². The summed E-state index contributed by atoms with van der Waals surface area (Å²) in [4.78, 5) is 29.3. The van der Waals surface area contributed by atoms with E-state index in [0.29, 0.717) is 32.1 Å². The van der Waals surface area contributed by atoms with Crippen molar-refractivity contribution in [2.24, 2.45) is 0 Å². The molecule has 1 amide bonds. The van der Waals surface area contributed by atoms with E-state index in [4.69, 9.17) is 9.47 Å². The molecule has 1 aromatic rings. The molecule has 0 spiro atoms. The molecule has 0 aliphatic carbocycles. The molecule has 2 heterocycles. The number of hydrogen-bond donors (Lipinski definition) is 1. The van der Waals surface area contributed by atoms with E-state index in [1.807, 2.05) is 18.2 Å². The number of ether oxygens (including phenoxy) is 2. The highest BCUT2D eigenvalue weighted by Gasteiger charge is 2.10. The molecule has 8 heteroatoms. The number of carbonyl (C=O) groups excluding carboxylic acids is 2. The van der Waals surface area contributed by atoms with Crippen LogP contribution in [0.5, 0.6) is 5.88 Å². The van der Waals surface area contributed by atoms with Gasteiger partial charge in [-0.1, -0.05) is 18.9 Å². The highest BCUT2D eigenvalue weighted by Crippen LogP contribution is 2.15. The number of amides is 1. The van der Waals surface area contributed by atoms with E-state index in [0.717, 1.165) is 37.3 Å². The van der Waals surface area contributed by atoms with Gasteiger partial charge in [0.05, 0.1) is 0 Å². The first-order valence-electron chi connectivity index (χ1n) is 12.1. The van der Waals surface area contributed by atoms with Gasteiger partial charge in [0.25, 0.3) is 0 Å². The van der Waals surface area contributed by atoms with Crippen LogP contribution in [0.4, 0.5) is 0 Å². The molecule has 1 N–H and O–H groups in total. The Labute approximate surface area is 202 Å². The third kappa shape index (κ3) is 13.9. The van der Waals surface area contributed by atoms with Crippen LogP contribution in [-0.4, -0.2) is 66.1 Å². The quantitative estimate of drug-likeness (QED) is 0.219. The fourth-order valence-electron chi connectivity index (χ4n) is 3.56. The summed E-state index contributed by atoms with van der Waals surface area (Å²) in [7, 11) is 0. The Morgan fingerprint density at radius 3 is 2.82 bits per heavy atom. The summed E-state index contributed by atoms with van der Waals surface area (Å²) >= 11 is 1.78. The normalized spacial score (nSPS) is 14.3. The molecule has 33 heavy (non-hydrogen) atoms. The number of aromatic nitrogens is 1. The first-order valence-corrected chi connectivity index (χ1v) is 13.2. The van der Waals surface area contributed by atoms with E-state index in [9.17, 15) is 9.59 Å². The van der Waals surface area contributed by atoms with Gasteiger partial charge in [-0.05, 0) is 62.2 Å². The maximum absolute atomic E-state index is 11.9. The number of piperidine rings is 1. The molecular weight excluding hydrogens is 438 g/mol. The lowest BCUT2D eigenvalue weighted by Gasteiger charge is -2.26. The van der Waals surface area contributed by atoms with Crippen molar-refractivity contribution in [2.45, 2.75) is 58.4 Å². The Bertz CT molecular complexity index is 723. The number of likely N-dealkylation sites (tertiary alicyclic amines) is 1. The molecular formula is C25H39N3O4S. The van der Waals surface area contributed by atoms with Gasteiger partial charge in [-0.3, -0.25) is 14.5 Å². The highest BCUT2D eigenvalue weighted by atomic mass is 32.2. The molecule has 0 bridgehead atoms. The third-order valence-electron chi connectivity index (χ3n) is 5.29. The molecule has 7 nitrogen and oxygen atoms in total. The summed E-state index contributed by atoms with van der Waals surface area (Å²) in [6, 6.07) is 4.07. The van der Waals surface area contributed by atoms with Crippen molar-refractivity contribution >= 4 is 23.6 Å². The van der Waals surface area contributed by atoms with Crippen molar-refractivity contribution < 1.29 is 19.1 Å². The van der Waals surface area contributed by atoms with Crippen LogP contribution in [0.2, 0.25) is 0 Å². The summed E-state index contributed by atoms with van der Waals surface area (Å²) in [5.41, 5.74) is 1.23. The molecule has 1 aliphatic heterocycles. The van der Waals surface area contributed by atoms with Crippen LogP contribution in [0.1, 0.15) is 57.4 Å². The van der Waals surface area contributed by atoms with E-state index in [2.05, 4.69) is 21.3 Å². The molecule has 1 fully saturated rings. The van der Waals surface area contributed by atoms with Crippen LogP contribution >= 0.6 is 11.8 Å². The molecule has 0 saturated carbocycles. The molecule has 0 unspecified atom stereocenters. The Morgan fingerprint density at radius 1 is 1.15 bits per heavy atom. The summed E-state index contributed by atoms with van der Waals surface area (Å²) in [5, 5.41) is 2.91. The second kappa shape index (κ2) is 17.4. The zero-order valence-corrected chi connectivity index (χ0v) is 20.7. The predicted molar refractivity (Wildman–Crippen MR) is 133 cm³/mol. The second-order valence-corrected chi connectivity index (χ2v) is 9.41. The SMILES string of the molecule is CC(=O)OCCSCCCCCC(=O)NC/C=C\COc1cc(CN2CCCCC2)ccn1. The largest absolute Gasteiger partial charge is 0.473 e. The number of pyridine rings is 1. The maximum atomic E-state index is 11.9. The van der Waals surface area contributed by atoms with Crippen LogP contribution < -0.4 is 10.1 Å². The topological polar surface area (TPSA) is 80.8 Å². The number of nitrogens with one attached hydrogen (secondary N) is 1. The van der Waals surface area contributed by atoms with E-state index in [1.54, 1.807) is 18.0 Å². The molecule has 1 aromatic heterocycles. The van der Waals surface area contributed by atoms with Crippen LogP contribution in [-0.2, 0) is 20.9 Å². The lowest BCUT2D eigenvalue weighted by Crippen LogP contribution is -2.29. The number of carbonyl (C=O) groups is 2. The van der Waals surface area contributed by atoms with Gasteiger partial charge in [-0.25, -0.2) is 4.98 Å². The van der Waals surface area contributed by atoms with Crippen molar-refractivity contribution in [3.63, 3.8) is 0 Å². The Morgan fingerprint density at radius 2 is 2.00 bits per heavy atom. The first-order chi connectivity index (χ1) is 16.1. The minimum Gasteiger partial charge on any atom is -0.473 e. The summed E-state index contributed by atoms with van der Waals surface area (Å²) in [6.07, 6.45) is 13.1. The number of esters is 1. The fourth-order valence-corrected chi connectivity index (χ4v) is 4.38. The maximum Gasteiger partial charge on any atom is 0.302 e. The standard InChI is InChI=1S/C25H39N3O4S/c1-22(29)31-17-19-33-18-9-2-4-10-24(30)26-12-5-8-16-32-25-20-23(11-13-27-25)21-28-14-6-3-7-15-28/h5,8,11,13,20H,2-4,6-7,9-10,12,14-19,21H2,1H3,(H,26,30)/b8-5-. The fraction of sp³-hybridized carbons (Fsp3) is 0.640. The number of thioether (sulfide) groups is 1.